The number of aromatic amines is 1. The van der Waals surface area contributed by atoms with Gasteiger partial charge in [0.25, 0.3) is 5.56 Å². The van der Waals surface area contributed by atoms with E-state index in [0.29, 0.717) is 16.9 Å². The molecule has 0 radical (unpaired) electrons. The largest absolute Gasteiger partial charge is 0.369 e. The van der Waals surface area contributed by atoms with Crippen molar-refractivity contribution in [3.63, 3.8) is 0 Å². The summed E-state index contributed by atoms with van der Waals surface area (Å²) in [5, 5.41) is 3.80. The zero-order valence-electron chi connectivity index (χ0n) is 15.6. The van der Waals surface area contributed by atoms with Crippen LogP contribution in [0.25, 0.3) is 10.9 Å². The van der Waals surface area contributed by atoms with Gasteiger partial charge in [-0.05, 0) is 49.4 Å². The summed E-state index contributed by atoms with van der Waals surface area (Å²) < 4.78 is 0. The number of hydrogen-bond acceptors (Lipinski definition) is 5. The lowest BCUT2D eigenvalue weighted by Gasteiger charge is -2.36. The Bertz CT molecular complexity index is 958. The summed E-state index contributed by atoms with van der Waals surface area (Å²) in [4.78, 5) is 24.4. The van der Waals surface area contributed by atoms with Crippen molar-refractivity contribution < 1.29 is 0 Å². The summed E-state index contributed by atoms with van der Waals surface area (Å²) in [6.07, 6.45) is 1.21. The Hall–Kier alpha value is -2.86. The molecule has 2 N–H and O–H groups in total. The number of anilines is 3. The Kier molecular flexibility index (Phi) is 5.07. The van der Waals surface area contributed by atoms with E-state index in [2.05, 4.69) is 44.1 Å². The molecule has 0 bridgehead atoms. The fraction of sp³-hybridized carbons (Fsp3) is 0.333. The molecule has 0 unspecified atom stereocenters. The third-order valence-electron chi connectivity index (χ3n) is 5.02. The lowest BCUT2D eigenvalue weighted by Crippen LogP contribution is -2.46. The van der Waals surface area contributed by atoms with E-state index in [1.807, 2.05) is 30.3 Å². The maximum atomic E-state index is 12.2. The van der Waals surface area contributed by atoms with Gasteiger partial charge < -0.3 is 10.2 Å². The van der Waals surface area contributed by atoms with Gasteiger partial charge in [0.15, 0.2) is 0 Å². The van der Waals surface area contributed by atoms with Crippen molar-refractivity contribution in [3.8, 4) is 0 Å². The molecule has 0 spiro atoms. The van der Waals surface area contributed by atoms with Crippen molar-refractivity contribution in [3.05, 3.63) is 58.9 Å². The standard InChI is InChI=1S/C21H25N5O/c1-2-11-25-12-14-26(15-13-25)17-9-7-16(8-10-17)22-21-23-19-6-4-3-5-18(19)20(27)24-21/h3-10H,2,11-15H2,1H3,(H2,22,23,24,27). The summed E-state index contributed by atoms with van der Waals surface area (Å²) in [7, 11) is 0. The maximum absolute atomic E-state index is 12.2. The maximum Gasteiger partial charge on any atom is 0.260 e. The highest BCUT2D eigenvalue weighted by atomic mass is 16.1. The SMILES string of the molecule is CCCN1CCN(c2ccc(Nc3nc4ccccc4c(=O)[nH]3)cc2)CC1. The van der Waals surface area contributed by atoms with Gasteiger partial charge in [-0.15, -0.1) is 0 Å². The predicted octanol–water partition coefficient (Wildman–Crippen LogP) is 3.20. The molecule has 1 saturated heterocycles. The van der Waals surface area contributed by atoms with Crippen molar-refractivity contribution in [1.82, 2.24) is 14.9 Å². The molecule has 6 heteroatoms. The average molecular weight is 363 g/mol. The molecule has 2 heterocycles. The van der Waals surface area contributed by atoms with Crippen LogP contribution in [0, 0.1) is 0 Å². The fourth-order valence-electron chi connectivity index (χ4n) is 3.58. The van der Waals surface area contributed by atoms with Gasteiger partial charge in [-0.25, -0.2) is 4.98 Å². The number of H-pyrrole nitrogens is 1. The highest BCUT2D eigenvalue weighted by Gasteiger charge is 2.16. The van der Waals surface area contributed by atoms with Crippen LogP contribution >= 0.6 is 0 Å². The second kappa shape index (κ2) is 7.80. The highest BCUT2D eigenvalue weighted by molar-refractivity contribution is 5.78. The Labute approximate surface area is 158 Å². The highest BCUT2D eigenvalue weighted by Crippen LogP contribution is 2.21. The van der Waals surface area contributed by atoms with Crippen LogP contribution < -0.4 is 15.8 Å². The minimum absolute atomic E-state index is 0.135. The molecule has 0 atom stereocenters. The summed E-state index contributed by atoms with van der Waals surface area (Å²) in [6, 6.07) is 15.7. The number of benzene rings is 2. The Morgan fingerprint density at radius 2 is 1.78 bits per heavy atom. The Morgan fingerprint density at radius 1 is 1.04 bits per heavy atom. The predicted molar refractivity (Wildman–Crippen MR) is 111 cm³/mol. The zero-order valence-corrected chi connectivity index (χ0v) is 15.6. The van der Waals surface area contributed by atoms with Crippen molar-refractivity contribution in [2.45, 2.75) is 13.3 Å². The molecule has 6 nitrogen and oxygen atoms in total. The van der Waals surface area contributed by atoms with Gasteiger partial charge in [0.05, 0.1) is 10.9 Å². The van der Waals surface area contributed by atoms with E-state index in [1.54, 1.807) is 6.07 Å². The molecule has 0 amide bonds. The first-order chi connectivity index (χ1) is 13.2. The van der Waals surface area contributed by atoms with Crippen molar-refractivity contribution in [2.75, 3.05) is 42.9 Å². The number of nitrogens with one attached hydrogen (secondary N) is 2. The molecular weight excluding hydrogens is 338 g/mol. The summed E-state index contributed by atoms with van der Waals surface area (Å²) >= 11 is 0. The molecule has 1 fully saturated rings. The Morgan fingerprint density at radius 3 is 2.52 bits per heavy atom. The minimum Gasteiger partial charge on any atom is -0.369 e. The van der Waals surface area contributed by atoms with Gasteiger partial charge in [0.2, 0.25) is 5.95 Å². The van der Waals surface area contributed by atoms with Crippen molar-refractivity contribution in [1.29, 1.82) is 0 Å². The van der Waals surface area contributed by atoms with Gasteiger partial charge in [0.1, 0.15) is 0 Å². The molecular formula is C21H25N5O. The van der Waals surface area contributed by atoms with Crippen LogP contribution in [0.15, 0.2) is 53.3 Å². The van der Waals surface area contributed by atoms with Gasteiger partial charge in [-0.1, -0.05) is 19.1 Å². The van der Waals surface area contributed by atoms with Crippen LogP contribution in [0.3, 0.4) is 0 Å². The van der Waals surface area contributed by atoms with Crippen LogP contribution in [0.5, 0.6) is 0 Å². The van der Waals surface area contributed by atoms with Crippen LogP contribution in [-0.4, -0.2) is 47.6 Å². The molecule has 2 aromatic carbocycles. The van der Waals surface area contributed by atoms with Crippen molar-refractivity contribution in [2.24, 2.45) is 0 Å². The first kappa shape index (κ1) is 17.5. The van der Waals surface area contributed by atoms with Crippen LogP contribution in [0.2, 0.25) is 0 Å². The lowest BCUT2D eigenvalue weighted by atomic mass is 10.2. The quantitative estimate of drug-likeness (QED) is 0.729. The van der Waals surface area contributed by atoms with Crippen molar-refractivity contribution >= 4 is 28.2 Å². The number of aromatic nitrogens is 2. The van der Waals surface area contributed by atoms with Crippen LogP contribution in [0.1, 0.15) is 13.3 Å². The molecule has 0 aliphatic carbocycles. The molecule has 4 rings (SSSR count). The first-order valence-electron chi connectivity index (χ1n) is 9.56. The van der Waals surface area contributed by atoms with E-state index in [0.717, 1.165) is 31.9 Å². The van der Waals surface area contributed by atoms with Gasteiger partial charge in [-0.3, -0.25) is 14.7 Å². The smallest absolute Gasteiger partial charge is 0.260 e. The van der Waals surface area contributed by atoms with E-state index in [9.17, 15) is 4.79 Å². The molecule has 140 valence electrons. The second-order valence-corrected chi connectivity index (χ2v) is 6.93. The minimum atomic E-state index is -0.135. The topological polar surface area (TPSA) is 64.3 Å². The lowest BCUT2D eigenvalue weighted by molar-refractivity contribution is 0.258. The van der Waals surface area contributed by atoms with Gasteiger partial charge in [-0.2, -0.15) is 0 Å². The second-order valence-electron chi connectivity index (χ2n) is 6.93. The molecule has 0 saturated carbocycles. The number of rotatable bonds is 5. The average Bonchev–Trinajstić information content (AvgIpc) is 2.70. The molecule has 1 aliphatic heterocycles. The summed E-state index contributed by atoms with van der Waals surface area (Å²) in [5.74, 6) is 0.458. The number of fused-ring (bicyclic) bond motifs is 1. The van der Waals surface area contributed by atoms with Crippen LogP contribution in [-0.2, 0) is 0 Å². The summed E-state index contributed by atoms with van der Waals surface area (Å²) in [5.41, 5.74) is 2.69. The van der Waals surface area contributed by atoms with E-state index < -0.39 is 0 Å². The normalized spacial score (nSPS) is 15.2. The first-order valence-corrected chi connectivity index (χ1v) is 9.56. The van der Waals surface area contributed by atoms with E-state index in [-0.39, 0.29) is 5.56 Å². The molecule has 27 heavy (non-hydrogen) atoms. The van der Waals surface area contributed by atoms with Crippen LogP contribution in [0.4, 0.5) is 17.3 Å². The van der Waals surface area contributed by atoms with Gasteiger partial charge >= 0.3 is 0 Å². The third-order valence-corrected chi connectivity index (χ3v) is 5.02. The van der Waals surface area contributed by atoms with E-state index >= 15 is 0 Å². The van der Waals surface area contributed by atoms with E-state index in [4.69, 9.17) is 0 Å². The zero-order chi connectivity index (χ0) is 18.6. The third kappa shape index (κ3) is 3.95. The fourth-order valence-corrected chi connectivity index (χ4v) is 3.58. The molecule has 1 aliphatic rings. The molecule has 3 aromatic rings. The van der Waals surface area contributed by atoms with Gasteiger partial charge in [0, 0.05) is 37.6 Å². The Balaban J connectivity index is 1.45. The monoisotopic (exact) mass is 363 g/mol. The van der Waals surface area contributed by atoms with E-state index in [1.165, 1.54) is 18.7 Å². The number of para-hydroxylation sites is 1. The number of nitrogens with zero attached hydrogens (tertiary/aromatic N) is 3. The molecule has 1 aromatic heterocycles. The number of hydrogen-bond donors (Lipinski definition) is 2. The summed E-state index contributed by atoms with van der Waals surface area (Å²) in [6.45, 7) is 7.79. The number of piperazine rings is 1.